The largest absolute Gasteiger partial charge is 0.478 e. The number of hydrogen-bond acceptors (Lipinski definition) is 3. The van der Waals surface area contributed by atoms with E-state index in [1.54, 1.807) is 0 Å². The van der Waals surface area contributed by atoms with Crippen LogP contribution in [0.5, 0.6) is 0 Å². The van der Waals surface area contributed by atoms with Crippen LogP contribution >= 0.6 is 104 Å². The summed E-state index contributed by atoms with van der Waals surface area (Å²) < 4.78 is -6.50. The molecule has 0 aromatic heterocycles. The van der Waals surface area contributed by atoms with Gasteiger partial charge in [-0.25, -0.2) is 14.4 Å². The van der Waals surface area contributed by atoms with Gasteiger partial charge >= 0.3 is 17.9 Å². The van der Waals surface area contributed by atoms with Crippen LogP contribution in [0.1, 0.15) is 0 Å². The van der Waals surface area contributed by atoms with E-state index in [2.05, 4.69) is 0 Å². The van der Waals surface area contributed by atoms with E-state index in [0.717, 1.165) is 0 Å². The van der Waals surface area contributed by atoms with E-state index < -0.39 is 29.3 Å². The molecule has 0 atom stereocenters. The zero-order valence-corrected chi connectivity index (χ0v) is 20.5. The Labute approximate surface area is 202 Å². The molecule has 0 fully saturated rings. The van der Waals surface area contributed by atoms with Crippen molar-refractivity contribution in [1.29, 1.82) is 0 Å². The first-order chi connectivity index (χ1) is 8.83. The van der Waals surface area contributed by atoms with Gasteiger partial charge in [-0.1, -0.05) is 104 Å². The molecule has 1 radical (unpaired) electrons. The minimum absolute atomic E-state index is 0. The molecule has 0 saturated heterocycles. The van der Waals surface area contributed by atoms with Crippen LogP contribution < -0.4 is 0 Å². The first kappa shape index (κ1) is 36.1. The smallest absolute Gasteiger partial charge is 0.356 e. The van der Waals surface area contributed by atoms with Crippen molar-refractivity contribution in [2.45, 2.75) is 11.4 Å². The van der Waals surface area contributed by atoms with Crippen molar-refractivity contribution in [3.63, 3.8) is 0 Å². The second-order valence-corrected chi connectivity index (χ2v) is 9.25. The normalized spacial score (nSPS) is 10.3. The van der Waals surface area contributed by atoms with E-state index in [0.29, 0.717) is 0 Å². The fraction of sp³-hybridized carbons (Fsp3) is 0.500. The SMILES string of the molecule is O.O=C(O)C(Cl)(Cl)Cl.O=C(O)C(Cl)(Cl)Cl.O=C(O)C(Cl)(Cl)Cl.[La]. The van der Waals surface area contributed by atoms with Crippen LogP contribution in [0.25, 0.3) is 0 Å². The molecule has 137 valence electrons. The second kappa shape index (κ2) is 15.3. The molecule has 0 saturated carbocycles. The Morgan fingerprint density at radius 2 is 0.565 bits per heavy atom. The molecule has 5 N–H and O–H groups in total. The number of hydrogen-bond donors (Lipinski definition) is 3. The van der Waals surface area contributed by atoms with Gasteiger partial charge in [0.05, 0.1) is 0 Å². The summed E-state index contributed by atoms with van der Waals surface area (Å²) in [6.45, 7) is 0. The fourth-order valence-corrected chi connectivity index (χ4v) is 0. The molecule has 23 heavy (non-hydrogen) atoms. The van der Waals surface area contributed by atoms with Crippen LogP contribution in [0.3, 0.4) is 0 Å². The average molecular weight is 647 g/mol. The van der Waals surface area contributed by atoms with Gasteiger partial charge in [0, 0.05) is 35.6 Å². The summed E-state index contributed by atoms with van der Waals surface area (Å²) in [5, 5.41) is 23.6. The zero-order valence-electron chi connectivity index (χ0n) is 10.0. The maximum atomic E-state index is 9.62. The molecule has 0 bridgehead atoms. The van der Waals surface area contributed by atoms with Crippen molar-refractivity contribution in [2.24, 2.45) is 0 Å². The van der Waals surface area contributed by atoms with Gasteiger partial charge in [-0.2, -0.15) is 0 Å². The summed E-state index contributed by atoms with van der Waals surface area (Å²) in [6, 6.07) is 0. The topological polar surface area (TPSA) is 143 Å². The summed E-state index contributed by atoms with van der Waals surface area (Å²) in [7, 11) is 0. The van der Waals surface area contributed by atoms with Crippen LogP contribution in [-0.4, -0.2) is 50.1 Å². The third-order valence-corrected chi connectivity index (χ3v) is 2.18. The Morgan fingerprint density at radius 3 is 0.565 bits per heavy atom. The molecule has 0 heterocycles. The minimum Gasteiger partial charge on any atom is -0.478 e. The van der Waals surface area contributed by atoms with Crippen LogP contribution in [0.4, 0.5) is 0 Å². The molecule has 0 aromatic rings. The van der Waals surface area contributed by atoms with Gasteiger partial charge in [0.15, 0.2) is 0 Å². The molecule has 0 unspecified atom stereocenters. The van der Waals surface area contributed by atoms with Gasteiger partial charge in [-0.3, -0.25) is 0 Å². The van der Waals surface area contributed by atoms with Crippen molar-refractivity contribution in [3.8, 4) is 0 Å². The second-order valence-electron chi connectivity index (χ2n) is 2.41. The Bertz CT molecular complexity index is 315. The molecular weight excluding hydrogens is 642 g/mol. The maximum absolute atomic E-state index is 9.62. The summed E-state index contributed by atoms with van der Waals surface area (Å²) in [6.07, 6.45) is 0. The van der Waals surface area contributed by atoms with Gasteiger partial charge in [0.2, 0.25) is 0 Å². The Kier molecular flexibility index (Phi) is 24.0. The number of alkyl halides is 9. The van der Waals surface area contributed by atoms with Gasteiger partial charge in [0.25, 0.3) is 11.4 Å². The van der Waals surface area contributed by atoms with Gasteiger partial charge in [-0.15, -0.1) is 0 Å². The molecule has 0 aliphatic heterocycles. The van der Waals surface area contributed by atoms with Crippen molar-refractivity contribution in [1.82, 2.24) is 0 Å². The first-order valence-corrected chi connectivity index (χ1v) is 7.14. The standard InChI is InChI=1S/3C2HCl3O2.La.H2O/c3*3-2(4,5)1(6)7;;/h3*(H,6,7);;1H2. The number of halogens is 9. The quantitative estimate of drug-likeness (QED) is 0.344. The van der Waals surface area contributed by atoms with Gasteiger partial charge in [0.1, 0.15) is 0 Å². The molecule has 0 aromatic carbocycles. The Hall–Kier alpha value is 2.17. The van der Waals surface area contributed by atoms with Crippen molar-refractivity contribution in [3.05, 3.63) is 0 Å². The molecule has 0 amide bonds. The summed E-state index contributed by atoms with van der Waals surface area (Å²) in [5.74, 6) is -4.38. The molecule has 17 heteroatoms. The van der Waals surface area contributed by atoms with Crippen LogP contribution in [0.2, 0.25) is 0 Å². The third kappa shape index (κ3) is 29.2. The average Bonchev–Trinajstić information content (AvgIpc) is 2.14. The van der Waals surface area contributed by atoms with E-state index >= 15 is 0 Å². The zero-order chi connectivity index (χ0) is 18.2. The van der Waals surface area contributed by atoms with E-state index in [-0.39, 0.29) is 41.1 Å². The van der Waals surface area contributed by atoms with E-state index in [4.69, 9.17) is 120 Å². The fourth-order valence-electron chi connectivity index (χ4n) is 0. The summed E-state index contributed by atoms with van der Waals surface area (Å²) in [4.78, 5) is 28.9. The molecule has 0 aliphatic carbocycles. The third-order valence-electron chi connectivity index (χ3n) is 0.728. The molecule has 7 nitrogen and oxygen atoms in total. The molecule has 0 aliphatic rings. The van der Waals surface area contributed by atoms with Gasteiger partial charge < -0.3 is 20.8 Å². The number of carbonyl (C=O) groups is 3. The van der Waals surface area contributed by atoms with Crippen molar-refractivity contribution >= 4 is 122 Å². The predicted molar refractivity (Wildman–Crippen MR) is 87.4 cm³/mol. The van der Waals surface area contributed by atoms with Crippen LogP contribution in [0, 0.1) is 35.6 Å². The predicted octanol–water partition coefficient (Wildman–Crippen LogP) is 3.50. The van der Waals surface area contributed by atoms with Crippen molar-refractivity contribution < 1.29 is 70.8 Å². The van der Waals surface area contributed by atoms with E-state index in [1.165, 1.54) is 0 Å². The monoisotopic (exact) mass is 643 g/mol. The van der Waals surface area contributed by atoms with Gasteiger partial charge in [-0.05, 0) is 0 Å². The van der Waals surface area contributed by atoms with Crippen molar-refractivity contribution in [2.75, 3.05) is 0 Å². The summed E-state index contributed by atoms with van der Waals surface area (Å²) >= 11 is 43.2. The van der Waals surface area contributed by atoms with E-state index in [9.17, 15) is 14.4 Å². The van der Waals surface area contributed by atoms with Crippen LogP contribution in [-0.2, 0) is 14.4 Å². The number of carboxylic acid groups (broad SMARTS) is 3. The van der Waals surface area contributed by atoms with Crippen LogP contribution in [0.15, 0.2) is 0 Å². The molecule has 0 spiro atoms. The minimum atomic E-state index is -2.17. The molecular formula is C6H5Cl9LaO7. The molecule has 0 rings (SSSR count). The number of rotatable bonds is 0. The Morgan fingerprint density at radius 1 is 0.522 bits per heavy atom. The maximum Gasteiger partial charge on any atom is 0.356 e. The first-order valence-electron chi connectivity index (χ1n) is 3.73. The van der Waals surface area contributed by atoms with E-state index in [1.807, 2.05) is 0 Å². The Balaban J connectivity index is -0.0000000675. The number of aliphatic carboxylic acids is 3. The number of carboxylic acids is 3. The summed E-state index contributed by atoms with van der Waals surface area (Å²) in [5.41, 5.74) is 0.